The van der Waals surface area contributed by atoms with Crippen molar-refractivity contribution in [2.75, 3.05) is 46.2 Å². The molecule has 0 spiro atoms. The second-order valence-electron chi connectivity index (χ2n) is 4.84. The monoisotopic (exact) mass is 263 g/mol. The van der Waals surface area contributed by atoms with Gasteiger partial charge in [0.25, 0.3) is 0 Å². The van der Waals surface area contributed by atoms with Crippen molar-refractivity contribution in [3.63, 3.8) is 0 Å². The standard InChI is InChI=1S/C14H21N3O2/c1-15(2)10-14(19)17(11-13(18)16(3)4)12-8-6-5-7-9-12/h5-9H,10-11H2,1-4H3. The van der Waals surface area contributed by atoms with Gasteiger partial charge in [0.1, 0.15) is 6.54 Å². The highest BCUT2D eigenvalue weighted by Crippen LogP contribution is 2.13. The van der Waals surface area contributed by atoms with Crippen LogP contribution in [0.2, 0.25) is 0 Å². The number of para-hydroxylation sites is 1. The van der Waals surface area contributed by atoms with Gasteiger partial charge >= 0.3 is 0 Å². The minimum absolute atomic E-state index is 0.0592. The first-order valence-corrected chi connectivity index (χ1v) is 6.12. The zero-order valence-electron chi connectivity index (χ0n) is 12.0. The van der Waals surface area contributed by atoms with Crippen molar-refractivity contribution in [1.82, 2.24) is 9.80 Å². The van der Waals surface area contributed by atoms with Gasteiger partial charge in [0.15, 0.2) is 0 Å². The topological polar surface area (TPSA) is 43.9 Å². The Morgan fingerprint density at radius 2 is 1.47 bits per heavy atom. The first-order valence-electron chi connectivity index (χ1n) is 6.12. The fraction of sp³-hybridized carbons (Fsp3) is 0.429. The van der Waals surface area contributed by atoms with Crippen LogP contribution in [0.1, 0.15) is 0 Å². The van der Waals surface area contributed by atoms with E-state index in [9.17, 15) is 9.59 Å². The molecule has 19 heavy (non-hydrogen) atoms. The van der Waals surface area contributed by atoms with Crippen LogP contribution in [0.3, 0.4) is 0 Å². The number of anilines is 1. The molecule has 1 rings (SSSR count). The molecule has 2 amide bonds. The minimum atomic E-state index is -0.101. The molecule has 0 saturated carbocycles. The summed E-state index contributed by atoms with van der Waals surface area (Å²) in [4.78, 5) is 28.9. The van der Waals surface area contributed by atoms with Crippen LogP contribution in [0.4, 0.5) is 5.69 Å². The second-order valence-corrected chi connectivity index (χ2v) is 4.84. The summed E-state index contributed by atoms with van der Waals surface area (Å²) in [6, 6.07) is 9.25. The largest absolute Gasteiger partial charge is 0.347 e. The van der Waals surface area contributed by atoms with Gasteiger partial charge in [-0.3, -0.25) is 9.59 Å². The van der Waals surface area contributed by atoms with E-state index in [1.54, 1.807) is 19.0 Å². The third kappa shape index (κ3) is 4.71. The number of benzene rings is 1. The van der Waals surface area contributed by atoms with Crippen molar-refractivity contribution in [3.8, 4) is 0 Å². The van der Waals surface area contributed by atoms with Crippen molar-refractivity contribution in [2.45, 2.75) is 0 Å². The lowest BCUT2D eigenvalue weighted by atomic mass is 10.2. The number of hydrogen-bond acceptors (Lipinski definition) is 3. The molecule has 5 nitrogen and oxygen atoms in total. The number of carbonyl (C=O) groups is 2. The lowest BCUT2D eigenvalue weighted by Gasteiger charge is -2.25. The Hall–Kier alpha value is -1.88. The van der Waals surface area contributed by atoms with Crippen LogP contribution in [-0.2, 0) is 9.59 Å². The molecule has 104 valence electrons. The molecule has 0 radical (unpaired) electrons. The Labute approximate surface area is 114 Å². The zero-order valence-corrected chi connectivity index (χ0v) is 12.0. The lowest BCUT2D eigenvalue weighted by Crippen LogP contribution is -2.43. The predicted octanol–water partition coefficient (Wildman–Crippen LogP) is 0.669. The van der Waals surface area contributed by atoms with Crippen LogP contribution >= 0.6 is 0 Å². The van der Waals surface area contributed by atoms with Crippen molar-refractivity contribution in [3.05, 3.63) is 30.3 Å². The lowest BCUT2D eigenvalue weighted by molar-refractivity contribution is -0.129. The highest BCUT2D eigenvalue weighted by Gasteiger charge is 2.20. The number of rotatable bonds is 5. The van der Waals surface area contributed by atoms with Gasteiger partial charge in [-0.2, -0.15) is 0 Å². The second kappa shape index (κ2) is 6.89. The summed E-state index contributed by atoms with van der Waals surface area (Å²) < 4.78 is 0. The first-order chi connectivity index (χ1) is 8.91. The first kappa shape index (κ1) is 15.2. The fourth-order valence-electron chi connectivity index (χ4n) is 1.56. The maximum atomic E-state index is 12.2. The smallest absolute Gasteiger partial charge is 0.242 e. The summed E-state index contributed by atoms with van der Waals surface area (Å²) in [5.74, 6) is -0.192. The maximum Gasteiger partial charge on any atom is 0.242 e. The number of hydrogen-bond donors (Lipinski definition) is 0. The third-order valence-corrected chi connectivity index (χ3v) is 2.61. The molecule has 1 aromatic carbocycles. The van der Waals surface area contributed by atoms with Gasteiger partial charge in [0.05, 0.1) is 6.54 Å². The normalized spacial score (nSPS) is 10.4. The molecule has 0 aliphatic carbocycles. The van der Waals surface area contributed by atoms with Gasteiger partial charge in [-0.15, -0.1) is 0 Å². The Morgan fingerprint density at radius 1 is 0.895 bits per heavy atom. The van der Waals surface area contributed by atoms with Crippen molar-refractivity contribution in [1.29, 1.82) is 0 Å². The average Bonchev–Trinajstić information content (AvgIpc) is 2.35. The Balaban J connectivity index is 2.91. The highest BCUT2D eigenvalue weighted by atomic mass is 16.2. The SMILES string of the molecule is CN(C)CC(=O)N(CC(=O)N(C)C)c1ccccc1. The van der Waals surface area contributed by atoms with E-state index < -0.39 is 0 Å². The molecule has 0 fully saturated rings. The average molecular weight is 263 g/mol. The number of nitrogens with zero attached hydrogens (tertiary/aromatic N) is 3. The van der Waals surface area contributed by atoms with Crippen LogP contribution < -0.4 is 4.90 Å². The quantitative estimate of drug-likeness (QED) is 0.784. The molecule has 0 aliphatic heterocycles. The summed E-state index contributed by atoms with van der Waals surface area (Å²) in [5.41, 5.74) is 0.740. The van der Waals surface area contributed by atoms with Gasteiger partial charge in [0, 0.05) is 19.8 Å². The van der Waals surface area contributed by atoms with E-state index in [4.69, 9.17) is 0 Å². The van der Waals surface area contributed by atoms with E-state index in [1.807, 2.05) is 44.4 Å². The van der Waals surface area contributed by atoms with Crippen LogP contribution in [0, 0.1) is 0 Å². The van der Waals surface area contributed by atoms with Gasteiger partial charge in [-0.05, 0) is 26.2 Å². The van der Waals surface area contributed by atoms with Gasteiger partial charge in [0.2, 0.25) is 11.8 Å². The summed E-state index contributed by atoms with van der Waals surface area (Å²) >= 11 is 0. The highest BCUT2D eigenvalue weighted by molar-refractivity contribution is 5.99. The summed E-state index contributed by atoms with van der Waals surface area (Å²) in [6.45, 7) is 0.333. The molecule has 0 N–H and O–H groups in total. The number of likely N-dealkylation sites (N-methyl/N-ethyl adjacent to an activating group) is 2. The van der Waals surface area contributed by atoms with Crippen LogP contribution in [-0.4, -0.2) is 62.9 Å². The zero-order chi connectivity index (χ0) is 14.4. The third-order valence-electron chi connectivity index (χ3n) is 2.61. The van der Waals surface area contributed by atoms with Crippen molar-refractivity contribution >= 4 is 17.5 Å². The predicted molar refractivity (Wildman–Crippen MR) is 76.0 cm³/mol. The van der Waals surface area contributed by atoms with E-state index in [2.05, 4.69) is 0 Å². The number of carbonyl (C=O) groups excluding carboxylic acids is 2. The molecular weight excluding hydrogens is 242 g/mol. The van der Waals surface area contributed by atoms with E-state index in [0.717, 1.165) is 5.69 Å². The van der Waals surface area contributed by atoms with Gasteiger partial charge in [-0.25, -0.2) is 0 Å². The minimum Gasteiger partial charge on any atom is -0.347 e. The fourth-order valence-corrected chi connectivity index (χ4v) is 1.56. The Kier molecular flexibility index (Phi) is 5.51. The molecule has 0 aromatic heterocycles. The maximum absolute atomic E-state index is 12.2. The molecule has 0 aliphatic rings. The molecule has 0 unspecified atom stereocenters. The summed E-state index contributed by atoms with van der Waals surface area (Å²) in [6.07, 6.45) is 0. The van der Waals surface area contributed by atoms with E-state index in [1.165, 1.54) is 9.80 Å². The van der Waals surface area contributed by atoms with Crippen LogP contribution in [0.25, 0.3) is 0 Å². The van der Waals surface area contributed by atoms with Gasteiger partial charge in [-0.1, -0.05) is 18.2 Å². The van der Waals surface area contributed by atoms with Crippen molar-refractivity contribution in [2.24, 2.45) is 0 Å². The Morgan fingerprint density at radius 3 is 1.95 bits per heavy atom. The van der Waals surface area contributed by atoms with Crippen molar-refractivity contribution < 1.29 is 9.59 Å². The molecule has 5 heteroatoms. The molecule has 0 bridgehead atoms. The van der Waals surface area contributed by atoms with E-state index in [-0.39, 0.29) is 24.9 Å². The molecule has 0 saturated heterocycles. The molecular formula is C14H21N3O2. The number of amides is 2. The van der Waals surface area contributed by atoms with E-state index >= 15 is 0 Å². The summed E-state index contributed by atoms with van der Waals surface area (Å²) in [7, 11) is 7.02. The Bertz CT molecular complexity index is 430. The molecule has 0 atom stereocenters. The van der Waals surface area contributed by atoms with Crippen LogP contribution in [0.5, 0.6) is 0 Å². The molecule has 1 aromatic rings. The molecule has 0 heterocycles. The summed E-state index contributed by atoms with van der Waals surface area (Å²) in [5, 5.41) is 0. The van der Waals surface area contributed by atoms with Crippen LogP contribution in [0.15, 0.2) is 30.3 Å². The van der Waals surface area contributed by atoms with E-state index in [0.29, 0.717) is 0 Å². The van der Waals surface area contributed by atoms with Gasteiger partial charge < -0.3 is 14.7 Å².